The Morgan fingerprint density at radius 3 is 2.42 bits per heavy atom. The lowest BCUT2D eigenvalue weighted by atomic mass is 10.1. The average molecular weight is 347 g/mol. The molecule has 2 aromatic heterocycles. The maximum absolute atomic E-state index is 12.8. The first-order chi connectivity index (χ1) is 12.6. The first-order valence-corrected chi connectivity index (χ1v) is 8.30. The molecule has 0 aliphatic rings. The van der Waals surface area contributed by atoms with E-state index in [0.717, 1.165) is 11.1 Å². The van der Waals surface area contributed by atoms with E-state index in [2.05, 4.69) is 10.3 Å². The van der Waals surface area contributed by atoms with Gasteiger partial charge in [-0.05, 0) is 12.5 Å². The molecule has 0 saturated heterocycles. The summed E-state index contributed by atoms with van der Waals surface area (Å²) in [7, 11) is 0. The van der Waals surface area contributed by atoms with E-state index in [1.54, 1.807) is 6.92 Å². The fraction of sp³-hybridized carbons (Fsp3) is 0.150. The van der Waals surface area contributed by atoms with Crippen molar-refractivity contribution in [2.24, 2.45) is 0 Å². The van der Waals surface area contributed by atoms with Gasteiger partial charge in [-0.2, -0.15) is 5.10 Å². The van der Waals surface area contributed by atoms with Crippen LogP contribution in [0.4, 0.5) is 0 Å². The maximum atomic E-state index is 12.8. The standard InChI is InChI=1S/C20H17N3O3/c1-13-17-18(15-10-6-3-7-11-15)21-23(20(25)19(17)22-26-13)12-16(24)14-8-4-2-5-9-14/h2-11,16,24H,12H2,1H3. The second kappa shape index (κ2) is 6.57. The van der Waals surface area contributed by atoms with E-state index in [4.69, 9.17) is 4.52 Å². The molecule has 0 fully saturated rings. The first kappa shape index (κ1) is 16.2. The second-order valence-corrected chi connectivity index (χ2v) is 6.09. The van der Waals surface area contributed by atoms with Crippen molar-refractivity contribution in [3.05, 3.63) is 82.3 Å². The molecule has 26 heavy (non-hydrogen) atoms. The summed E-state index contributed by atoms with van der Waals surface area (Å²) in [6.07, 6.45) is -0.851. The van der Waals surface area contributed by atoms with Crippen LogP contribution in [0.3, 0.4) is 0 Å². The third-order valence-corrected chi connectivity index (χ3v) is 4.33. The Labute approximate surface area is 149 Å². The fourth-order valence-corrected chi connectivity index (χ4v) is 3.00. The number of hydrogen-bond acceptors (Lipinski definition) is 5. The third kappa shape index (κ3) is 2.80. The minimum Gasteiger partial charge on any atom is -0.386 e. The van der Waals surface area contributed by atoms with E-state index >= 15 is 0 Å². The summed E-state index contributed by atoms with van der Waals surface area (Å²) in [4.78, 5) is 12.8. The van der Waals surface area contributed by atoms with Crippen molar-refractivity contribution in [3.8, 4) is 11.3 Å². The molecule has 1 atom stereocenters. The molecule has 2 heterocycles. The highest BCUT2D eigenvalue weighted by atomic mass is 16.5. The minimum absolute atomic E-state index is 0.0323. The van der Waals surface area contributed by atoms with Gasteiger partial charge in [-0.15, -0.1) is 0 Å². The predicted octanol–water partition coefficient (Wildman–Crippen LogP) is 3.09. The number of aromatic nitrogens is 3. The van der Waals surface area contributed by atoms with Gasteiger partial charge in [0.1, 0.15) is 11.5 Å². The molecular weight excluding hydrogens is 330 g/mol. The highest BCUT2D eigenvalue weighted by molar-refractivity contribution is 5.92. The molecule has 130 valence electrons. The zero-order chi connectivity index (χ0) is 18.1. The van der Waals surface area contributed by atoms with Gasteiger partial charge in [-0.3, -0.25) is 4.79 Å². The van der Waals surface area contributed by atoms with Gasteiger partial charge >= 0.3 is 0 Å². The van der Waals surface area contributed by atoms with Gasteiger partial charge in [-0.25, -0.2) is 4.68 Å². The minimum atomic E-state index is -0.851. The normalized spacial score (nSPS) is 12.4. The number of benzene rings is 2. The van der Waals surface area contributed by atoms with E-state index in [1.807, 2.05) is 60.7 Å². The Bertz CT molecular complexity index is 1100. The van der Waals surface area contributed by atoms with Crippen molar-refractivity contribution in [2.45, 2.75) is 19.6 Å². The molecule has 2 aromatic carbocycles. The van der Waals surface area contributed by atoms with Crippen LogP contribution in [-0.2, 0) is 6.54 Å². The molecule has 1 N–H and O–H groups in total. The van der Waals surface area contributed by atoms with Gasteiger partial charge in [0.15, 0.2) is 5.52 Å². The van der Waals surface area contributed by atoms with Crippen molar-refractivity contribution >= 4 is 10.9 Å². The summed E-state index contributed by atoms with van der Waals surface area (Å²) in [6.45, 7) is 1.79. The number of rotatable bonds is 4. The summed E-state index contributed by atoms with van der Waals surface area (Å²) < 4.78 is 6.49. The number of nitrogens with zero attached hydrogens (tertiary/aromatic N) is 3. The smallest absolute Gasteiger partial charge is 0.296 e. The zero-order valence-electron chi connectivity index (χ0n) is 14.2. The van der Waals surface area contributed by atoms with Crippen LogP contribution in [0, 0.1) is 6.92 Å². The maximum Gasteiger partial charge on any atom is 0.296 e. The van der Waals surface area contributed by atoms with E-state index in [-0.39, 0.29) is 17.6 Å². The number of aryl methyl sites for hydroxylation is 1. The molecular formula is C20H17N3O3. The van der Waals surface area contributed by atoms with E-state index in [9.17, 15) is 9.90 Å². The highest BCUT2D eigenvalue weighted by Gasteiger charge is 2.20. The largest absolute Gasteiger partial charge is 0.386 e. The first-order valence-electron chi connectivity index (χ1n) is 8.30. The quantitative estimate of drug-likeness (QED) is 0.613. The van der Waals surface area contributed by atoms with Crippen LogP contribution in [0.1, 0.15) is 17.4 Å². The highest BCUT2D eigenvalue weighted by Crippen LogP contribution is 2.27. The van der Waals surface area contributed by atoms with E-state index < -0.39 is 6.10 Å². The Kier molecular flexibility index (Phi) is 4.10. The molecule has 0 saturated carbocycles. The Balaban J connectivity index is 1.86. The molecule has 6 heteroatoms. The molecule has 1 unspecified atom stereocenters. The molecule has 0 spiro atoms. The number of fused-ring (bicyclic) bond motifs is 1. The summed E-state index contributed by atoms with van der Waals surface area (Å²) in [5.41, 5.74) is 2.02. The molecule has 0 amide bonds. The molecule has 0 aliphatic heterocycles. The van der Waals surface area contributed by atoms with E-state index in [0.29, 0.717) is 16.8 Å². The predicted molar refractivity (Wildman–Crippen MR) is 97.6 cm³/mol. The van der Waals surface area contributed by atoms with Crippen molar-refractivity contribution in [2.75, 3.05) is 0 Å². The second-order valence-electron chi connectivity index (χ2n) is 6.09. The van der Waals surface area contributed by atoms with Crippen LogP contribution >= 0.6 is 0 Å². The van der Waals surface area contributed by atoms with Crippen LogP contribution in [0.25, 0.3) is 22.2 Å². The molecule has 4 rings (SSSR count). The number of hydrogen-bond donors (Lipinski definition) is 1. The van der Waals surface area contributed by atoms with Gasteiger partial charge in [-0.1, -0.05) is 65.8 Å². The zero-order valence-corrected chi connectivity index (χ0v) is 14.2. The number of aliphatic hydroxyl groups is 1. The lowest BCUT2D eigenvalue weighted by molar-refractivity contribution is 0.149. The average Bonchev–Trinajstić information content (AvgIpc) is 3.07. The summed E-state index contributed by atoms with van der Waals surface area (Å²) in [6, 6.07) is 18.7. The summed E-state index contributed by atoms with van der Waals surface area (Å²) in [5.74, 6) is 0.541. The van der Waals surface area contributed by atoms with Gasteiger partial charge in [0.25, 0.3) is 5.56 Å². The van der Waals surface area contributed by atoms with Gasteiger partial charge in [0, 0.05) is 5.56 Å². The molecule has 6 nitrogen and oxygen atoms in total. The molecule has 0 aliphatic carbocycles. The Morgan fingerprint density at radius 1 is 1.08 bits per heavy atom. The van der Waals surface area contributed by atoms with Crippen molar-refractivity contribution < 1.29 is 9.63 Å². The van der Waals surface area contributed by atoms with Crippen LogP contribution in [0.2, 0.25) is 0 Å². The number of aliphatic hydroxyl groups excluding tert-OH is 1. The summed E-state index contributed by atoms with van der Waals surface area (Å²) >= 11 is 0. The molecule has 0 bridgehead atoms. The lowest BCUT2D eigenvalue weighted by Gasteiger charge is -2.13. The van der Waals surface area contributed by atoms with Gasteiger partial charge in [0.2, 0.25) is 0 Å². The monoisotopic (exact) mass is 347 g/mol. The topological polar surface area (TPSA) is 81.2 Å². The molecule has 0 radical (unpaired) electrons. The Morgan fingerprint density at radius 2 is 1.73 bits per heavy atom. The van der Waals surface area contributed by atoms with Gasteiger partial charge in [0.05, 0.1) is 18.0 Å². The third-order valence-electron chi connectivity index (χ3n) is 4.33. The van der Waals surface area contributed by atoms with Crippen LogP contribution < -0.4 is 5.56 Å². The summed E-state index contributed by atoms with van der Waals surface area (Å²) in [5, 5.41) is 19.5. The van der Waals surface area contributed by atoms with Crippen LogP contribution in [0.5, 0.6) is 0 Å². The van der Waals surface area contributed by atoms with Crippen LogP contribution in [-0.4, -0.2) is 20.0 Å². The van der Waals surface area contributed by atoms with Crippen LogP contribution in [0.15, 0.2) is 70.0 Å². The van der Waals surface area contributed by atoms with Crippen molar-refractivity contribution in [3.63, 3.8) is 0 Å². The Hall–Kier alpha value is -3.25. The SMILES string of the molecule is Cc1onc2c(=O)n(CC(O)c3ccccc3)nc(-c3ccccc3)c12. The van der Waals surface area contributed by atoms with Crippen molar-refractivity contribution in [1.29, 1.82) is 0 Å². The van der Waals surface area contributed by atoms with E-state index in [1.165, 1.54) is 4.68 Å². The molecule has 4 aromatic rings. The van der Waals surface area contributed by atoms with Gasteiger partial charge < -0.3 is 9.63 Å². The fourth-order valence-electron chi connectivity index (χ4n) is 3.00. The van der Waals surface area contributed by atoms with Crippen molar-refractivity contribution in [1.82, 2.24) is 14.9 Å². The lowest BCUT2D eigenvalue weighted by Crippen LogP contribution is -2.26.